The minimum Gasteiger partial charge on any atom is -0.395 e. The van der Waals surface area contributed by atoms with Crippen molar-refractivity contribution in [3.8, 4) is 0 Å². The second kappa shape index (κ2) is 6.63. The van der Waals surface area contributed by atoms with E-state index in [1.807, 2.05) is 19.1 Å². The van der Waals surface area contributed by atoms with Crippen molar-refractivity contribution in [3.05, 3.63) is 39.9 Å². The molecule has 5 nitrogen and oxygen atoms in total. The Morgan fingerprint density at radius 2 is 2.15 bits per heavy atom. The molecule has 0 unspecified atom stereocenters. The summed E-state index contributed by atoms with van der Waals surface area (Å²) in [5.74, 6) is 0.652. The van der Waals surface area contributed by atoms with Gasteiger partial charge in [-0.1, -0.05) is 19.1 Å². The molecule has 0 fully saturated rings. The zero-order chi connectivity index (χ0) is 14.5. The van der Waals surface area contributed by atoms with Gasteiger partial charge in [0.1, 0.15) is 5.82 Å². The van der Waals surface area contributed by atoms with E-state index in [9.17, 15) is 4.79 Å². The number of H-pyrrole nitrogens is 1. The lowest BCUT2D eigenvalue weighted by molar-refractivity contribution is 0.187. The second-order valence-electron chi connectivity index (χ2n) is 4.98. The topological polar surface area (TPSA) is 69.2 Å². The van der Waals surface area contributed by atoms with Crippen LogP contribution in [0, 0.1) is 6.92 Å². The van der Waals surface area contributed by atoms with E-state index in [-0.39, 0.29) is 12.2 Å². The Morgan fingerprint density at radius 1 is 1.35 bits per heavy atom. The molecular formula is C15H21N3O2. The molecule has 0 aliphatic rings. The number of nitrogens with zero attached hydrogens (tertiary/aromatic N) is 2. The molecule has 0 amide bonds. The first kappa shape index (κ1) is 14.7. The highest BCUT2D eigenvalue weighted by atomic mass is 16.3. The number of aromatic nitrogens is 2. The third kappa shape index (κ3) is 3.23. The lowest BCUT2D eigenvalue weighted by atomic mass is 10.1. The summed E-state index contributed by atoms with van der Waals surface area (Å²) in [6.45, 7) is 6.16. The van der Waals surface area contributed by atoms with Crippen molar-refractivity contribution >= 4 is 10.9 Å². The monoisotopic (exact) mass is 275 g/mol. The summed E-state index contributed by atoms with van der Waals surface area (Å²) in [6, 6.07) is 5.61. The maximum absolute atomic E-state index is 12.1. The van der Waals surface area contributed by atoms with Gasteiger partial charge in [-0.25, -0.2) is 4.98 Å². The minimum atomic E-state index is -0.103. The van der Waals surface area contributed by atoms with Crippen molar-refractivity contribution in [2.45, 2.75) is 26.8 Å². The SMILES string of the molecule is CCCN(CCO)Cc1nc2c(C)cccc2c(=O)[nH]1. The fourth-order valence-electron chi connectivity index (χ4n) is 2.37. The smallest absolute Gasteiger partial charge is 0.258 e. The Kier molecular flexibility index (Phi) is 4.87. The fourth-order valence-corrected chi connectivity index (χ4v) is 2.37. The van der Waals surface area contributed by atoms with Gasteiger partial charge in [-0.05, 0) is 31.5 Å². The number of hydrogen-bond donors (Lipinski definition) is 2. The highest BCUT2D eigenvalue weighted by molar-refractivity contribution is 5.80. The van der Waals surface area contributed by atoms with Crippen LogP contribution < -0.4 is 5.56 Å². The predicted octanol–water partition coefficient (Wildman–Crippen LogP) is 1.44. The number of benzene rings is 1. The third-order valence-corrected chi connectivity index (χ3v) is 3.32. The Morgan fingerprint density at radius 3 is 2.85 bits per heavy atom. The molecule has 5 heteroatoms. The summed E-state index contributed by atoms with van der Waals surface area (Å²) in [7, 11) is 0. The van der Waals surface area contributed by atoms with E-state index in [1.54, 1.807) is 6.07 Å². The number of aromatic amines is 1. The molecule has 2 aromatic rings. The maximum Gasteiger partial charge on any atom is 0.258 e. The summed E-state index contributed by atoms with van der Waals surface area (Å²) in [5, 5.41) is 9.70. The maximum atomic E-state index is 12.1. The van der Waals surface area contributed by atoms with Gasteiger partial charge < -0.3 is 10.1 Å². The van der Waals surface area contributed by atoms with Crippen LogP contribution in [0.4, 0.5) is 0 Å². The number of nitrogens with one attached hydrogen (secondary N) is 1. The Balaban J connectivity index is 2.35. The van der Waals surface area contributed by atoms with Crippen molar-refractivity contribution in [2.24, 2.45) is 0 Å². The fraction of sp³-hybridized carbons (Fsp3) is 0.467. The van der Waals surface area contributed by atoms with E-state index in [1.165, 1.54) is 0 Å². The molecule has 1 aromatic heterocycles. The van der Waals surface area contributed by atoms with Crippen LogP contribution in [0.25, 0.3) is 10.9 Å². The van der Waals surface area contributed by atoms with Crippen LogP contribution in [0.2, 0.25) is 0 Å². The average Bonchev–Trinajstić information content (AvgIpc) is 2.41. The number of rotatable bonds is 6. The Labute approximate surface area is 118 Å². The summed E-state index contributed by atoms with van der Waals surface area (Å²) < 4.78 is 0. The highest BCUT2D eigenvalue weighted by Gasteiger charge is 2.09. The van der Waals surface area contributed by atoms with Crippen molar-refractivity contribution in [2.75, 3.05) is 19.7 Å². The van der Waals surface area contributed by atoms with Gasteiger partial charge in [0.2, 0.25) is 0 Å². The first-order chi connectivity index (χ1) is 9.65. The van der Waals surface area contributed by atoms with E-state index in [2.05, 4.69) is 21.8 Å². The van der Waals surface area contributed by atoms with Crippen LogP contribution in [-0.2, 0) is 6.54 Å². The van der Waals surface area contributed by atoms with Crippen molar-refractivity contribution < 1.29 is 5.11 Å². The minimum absolute atomic E-state index is 0.103. The van der Waals surface area contributed by atoms with Gasteiger partial charge in [0, 0.05) is 6.54 Å². The van der Waals surface area contributed by atoms with Crippen LogP contribution in [0.5, 0.6) is 0 Å². The number of aliphatic hydroxyl groups excluding tert-OH is 1. The largest absolute Gasteiger partial charge is 0.395 e. The molecule has 0 bridgehead atoms. The number of hydrogen-bond acceptors (Lipinski definition) is 4. The predicted molar refractivity (Wildman–Crippen MR) is 79.8 cm³/mol. The molecule has 1 aromatic carbocycles. The van der Waals surface area contributed by atoms with Crippen molar-refractivity contribution in [1.29, 1.82) is 0 Å². The molecule has 0 aliphatic heterocycles. The molecule has 0 saturated carbocycles. The van der Waals surface area contributed by atoms with Gasteiger partial charge in [-0.2, -0.15) is 0 Å². The standard InChI is InChI=1S/C15H21N3O2/c1-3-7-18(8-9-19)10-13-16-14-11(2)5-4-6-12(14)15(20)17-13/h4-6,19H,3,7-10H2,1-2H3,(H,16,17,20). The van der Waals surface area contributed by atoms with Crippen LogP contribution in [-0.4, -0.2) is 39.7 Å². The molecule has 2 N–H and O–H groups in total. The number of aliphatic hydroxyl groups is 1. The van der Waals surface area contributed by atoms with Crippen molar-refractivity contribution in [1.82, 2.24) is 14.9 Å². The van der Waals surface area contributed by atoms with Gasteiger partial charge in [0.15, 0.2) is 0 Å². The van der Waals surface area contributed by atoms with Gasteiger partial charge in [0.05, 0.1) is 24.1 Å². The van der Waals surface area contributed by atoms with Gasteiger partial charge in [-0.3, -0.25) is 9.69 Å². The van der Waals surface area contributed by atoms with Crippen LogP contribution >= 0.6 is 0 Å². The molecule has 2 rings (SSSR count). The van der Waals surface area contributed by atoms with E-state index in [0.717, 1.165) is 24.0 Å². The lowest BCUT2D eigenvalue weighted by Crippen LogP contribution is -2.29. The second-order valence-corrected chi connectivity index (χ2v) is 4.98. The Bertz CT molecular complexity index is 631. The first-order valence-electron chi connectivity index (χ1n) is 6.97. The number of aryl methyl sites for hydroxylation is 1. The van der Waals surface area contributed by atoms with E-state index in [4.69, 9.17) is 5.11 Å². The molecule has 0 spiro atoms. The normalized spacial score (nSPS) is 11.4. The highest BCUT2D eigenvalue weighted by Crippen LogP contribution is 2.12. The zero-order valence-electron chi connectivity index (χ0n) is 12.0. The van der Waals surface area contributed by atoms with E-state index >= 15 is 0 Å². The molecule has 1 heterocycles. The van der Waals surface area contributed by atoms with Gasteiger partial charge in [-0.15, -0.1) is 0 Å². The quantitative estimate of drug-likeness (QED) is 0.837. The molecule has 108 valence electrons. The molecule has 0 aliphatic carbocycles. The van der Waals surface area contributed by atoms with Crippen LogP contribution in [0.15, 0.2) is 23.0 Å². The number of para-hydroxylation sites is 1. The molecule has 0 saturated heterocycles. The summed E-state index contributed by atoms with van der Waals surface area (Å²) in [5.41, 5.74) is 1.65. The molecule has 0 radical (unpaired) electrons. The van der Waals surface area contributed by atoms with Crippen LogP contribution in [0.1, 0.15) is 24.7 Å². The summed E-state index contributed by atoms with van der Waals surface area (Å²) in [4.78, 5) is 21.6. The van der Waals surface area contributed by atoms with Gasteiger partial charge in [0.25, 0.3) is 5.56 Å². The first-order valence-corrected chi connectivity index (χ1v) is 6.97. The third-order valence-electron chi connectivity index (χ3n) is 3.32. The van der Waals surface area contributed by atoms with Crippen LogP contribution in [0.3, 0.4) is 0 Å². The molecular weight excluding hydrogens is 254 g/mol. The summed E-state index contributed by atoms with van der Waals surface area (Å²) >= 11 is 0. The zero-order valence-corrected chi connectivity index (χ0v) is 12.0. The molecule has 0 atom stereocenters. The van der Waals surface area contributed by atoms with E-state index < -0.39 is 0 Å². The molecule has 20 heavy (non-hydrogen) atoms. The Hall–Kier alpha value is -1.72. The average molecular weight is 275 g/mol. The van der Waals surface area contributed by atoms with Crippen molar-refractivity contribution in [3.63, 3.8) is 0 Å². The summed E-state index contributed by atoms with van der Waals surface area (Å²) in [6.07, 6.45) is 0.997. The lowest BCUT2D eigenvalue weighted by Gasteiger charge is -2.19. The van der Waals surface area contributed by atoms with E-state index in [0.29, 0.717) is 24.3 Å². The number of fused-ring (bicyclic) bond motifs is 1. The van der Waals surface area contributed by atoms with Gasteiger partial charge >= 0.3 is 0 Å².